The smallest absolute Gasteiger partial charge is 0.426 e. The van der Waals surface area contributed by atoms with Crippen LogP contribution in [-0.4, -0.2) is 16.9 Å². The molecule has 7 nitrogen and oxygen atoms in total. The SMILES string of the molecule is C=C(O)CC(NN=[N+]=[N-])C(CC)=N/C=C(\C)c1ccc(OC(F)(F)c2ccc(C3=CCCCC=C3)cc2)c(C(F)(F)F)c1. The van der Waals surface area contributed by atoms with Crippen molar-refractivity contribution in [1.29, 1.82) is 0 Å². The third-order valence-corrected chi connectivity index (χ3v) is 6.66. The molecule has 0 fully saturated rings. The summed E-state index contributed by atoms with van der Waals surface area (Å²) in [4.78, 5) is 6.91. The largest absolute Gasteiger partial charge is 0.513 e. The van der Waals surface area contributed by atoms with Crippen LogP contribution in [0.5, 0.6) is 5.75 Å². The van der Waals surface area contributed by atoms with Gasteiger partial charge in [0.2, 0.25) is 0 Å². The number of hydrogen-bond donors (Lipinski definition) is 2. The van der Waals surface area contributed by atoms with Gasteiger partial charge in [0.1, 0.15) is 11.8 Å². The van der Waals surface area contributed by atoms with Crippen LogP contribution >= 0.6 is 0 Å². The maximum atomic E-state index is 15.1. The molecule has 1 atom stereocenters. The quantitative estimate of drug-likeness (QED) is 0.0481. The second kappa shape index (κ2) is 14.6. The Hall–Kier alpha value is -4.57. The van der Waals surface area contributed by atoms with Crippen LogP contribution in [0.1, 0.15) is 68.2 Å². The second-order valence-electron chi connectivity index (χ2n) is 9.83. The molecule has 0 aromatic heterocycles. The molecule has 0 spiro atoms. The van der Waals surface area contributed by atoms with Gasteiger partial charge in [-0.1, -0.05) is 49.9 Å². The lowest BCUT2D eigenvalue weighted by molar-refractivity contribution is -0.191. The van der Waals surface area contributed by atoms with E-state index in [0.717, 1.165) is 54.7 Å². The maximum Gasteiger partial charge on any atom is 0.426 e. The van der Waals surface area contributed by atoms with Crippen LogP contribution in [0.3, 0.4) is 0 Å². The molecular weight excluding hydrogens is 569 g/mol. The molecular formula is C31H32F5N5O2. The van der Waals surface area contributed by atoms with Crippen molar-refractivity contribution in [1.82, 2.24) is 5.43 Å². The Kier molecular flexibility index (Phi) is 11.1. The van der Waals surface area contributed by atoms with E-state index in [2.05, 4.69) is 27.1 Å². The van der Waals surface area contributed by atoms with E-state index in [0.29, 0.717) is 12.1 Å². The number of allylic oxidation sites excluding steroid dienone is 5. The fourth-order valence-electron chi connectivity index (χ4n) is 4.38. The lowest BCUT2D eigenvalue weighted by atomic mass is 10.0. The van der Waals surface area contributed by atoms with Gasteiger partial charge in [0.15, 0.2) is 0 Å². The Bertz CT molecular complexity index is 1470. The van der Waals surface area contributed by atoms with Crippen molar-refractivity contribution in [3.8, 4) is 5.75 Å². The van der Waals surface area contributed by atoms with Gasteiger partial charge in [0.25, 0.3) is 0 Å². The number of benzene rings is 2. The first-order valence-corrected chi connectivity index (χ1v) is 13.5. The minimum Gasteiger partial charge on any atom is -0.513 e. The van der Waals surface area contributed by atoms with Crippen LogP contribution in [0, 0.1) is 0 Å². The summed E-state index contributed by atoms with van der Waals surface area (Å²) in [6.07, 6.45) is 1.31. The lowest BCUT2D eigenvalue weighted by Crippen LogP contribution is -2.33. The van der Waals surface area contributed by atoms with E-state index >= 15 is 8.78 Å². The molecule has 43 heavy (non-hydrogen) atoms. The molecule has 2 N–H and O–H groups in total. The number of aliphatic imine (C=N–C) groups is 1. The number of alkyl halides is 5. The maximum absolute atomic E-state index is 15.1. The zero-order valence-corrected chi connectivity index (χ0v) is 23.7. The number of azide groups is 1. The first kappa shape index (κ1) is 32.9. The van der Waals surface area contributed by atoms with Crippen molar-refractivity contribution in [2.24, 2.45) is 10.2 Å². The molecule has 0 amide bonds. The molecule has 0 bridgehead atoms. The number of hydrogen-bond acceptors (Lipinski definition) is 4. The predicted octanol–water partition coefficient (Wildman–Crippen LogP) is 9.81. The van der Waals surface area contributed by atoms with Crippen molar-refractivity contribution in [3.63, 3.8) is 0 Å². The zero-order valence-electron chi connectivity index (χ0n) is 23.7. The molecule has 1 unspecified atom stereocenters. The van der Waals surface area contributed by atoms with Gasteiger partial charge >= 0.3 is 12.3 Å². The molecule has 1 aliphatic rings. The third kappa shape index (κ3) is 9.21. The zero-order chi connectivity index (χ0) is 31.6. The molecule has 2 aromatic rings. The van der Waals surface area contributed by atoms with Gasteiger partial charge in [-0.05, 0) is 84.4 Å². The summed E-state index contributed by atoms with van der Waals surface area (Å²) in [5.74, 6) is -1.22. The van der Waals surface area contributed by atoms with Gasteiger partial charge in [0, 0.05) is 6.20 Å². The first-order chi connectivity index (χ1) is 20.4. The summed E-state index contributed by atoms with van der Waals surface area (Å²) in [7, 11) is 0. The fraction of sp³-hybridized carbons (Fsp3) is 0.323. The van der Waals surface area contributed by atoms with Crippen LogP contribution in [0.4, 0.5) is 22.0 Å². The average Bonchev–Trinajstić information content (AvgIpc) is 3.25. The first-order valence-electron chi connectivity index (χ1n) is 13.5. The van der Waals surface area contributed by atoms with Crippen molar-refractivity contribution < 1.29 is 31.8 Å². The highest BCUT2D eigenvalue weighted by atomic mass is 19.4. The van der Waals surface area contributed by atoms with E-state index in [9.17, 15) is 18.3 Å². The van der Waals surface area contributed by atoms with Gasteiger partial charge in [-0.25, -0.2) is 0 Å². The van der Waals surface area contributed by atoms with E-state index in [4.69, 9.17) is 10.3 Å². The summed E-state index contributed by atoms with van der Waals surface area (Å²) in [6.45, 7) is 6.66. The van der Waals surface area contributed by atoms with E-state index in [-0.39, 0.29) is 23.3 Å². The van der Waals surface area contributed by atoms with Crippen molar-refractivity contribution in [2.75, 3.05) is 0 Å². The average molecular weight is 602 g/mol. The number of rotatable bonds is 12. The summed E-state index contributed by atoms with van der Waals surface area (Å²) in [5.41, 5.74) is 11.5. The number of aliphatic hydroxyl groups is 1. The highest BCUT2D eigenvalue weighted by Crippen LogP contribution is 2.42. The highest BCUT2D eigenvalue weighted by Gasteiger charge is 2.40. The van der Waals surface area contributed by atoms with Crippen molar-refractivity contribution in [3.05, 3.63) is 112 Å². The van der Waals surface area contributed by atoms with Gasteiger partial charge in [-0.3, -0.25) is 10.4 Å². The van der Waals surface area contributed by atoms with Gasteiger partial charge in [-0.2, -0.15) is 26.9 Å². The monoisotopic (exact) mass is 601 g/mol. The van der Waals surface area contributed by atoms with Crippen LogP contribution in [0.25, 0.3) is 21.6 Å². The summed E-state index contributed by atoms with van der Waals surface area (Å²) in [6, 6.07) is 7.36. The van der Waals surface area contributed by atoms with Gasteiger partial charge < -0.3 is 9.84 Å². The number of halogens is 5. The molecule has 0 saturated heterocycles. The molecule has 1 aliphatic carbocycles. The lowest BCUT2D eigenvalue weighted by Gasteiger charge is -2.22. The molecule has 2 aromatic carbocycles. The predicted molar refractivity (Wildman–Crippen MR) is 157 cm³/mol. The van der Waals surface area contributed by atoms with Crippen LogP contribution in [0.15, 0.2) is 89.4 Å². The van der Waals surface area contributed by atoms with Crippen molar-refractivity contribution in [2.45, 2.75) is 64.3 Å². The number of ether oxygens (including phenoxy) is 1. The fourth-order valence-corrected chi connectivity index (χ4v) is 4.38. The van der Waals surface area contributed by atoms with Crippen molar-refractivity contribution >= 4 is 16.9 Å². The van der Waals surface area contributed by atoms with Crippen LogP contribution in [-0.2, 0) is 12.3 Å². The summed E-state index contributed by atoms with van der Waals surface area (Å²) < 4.78 is 76.9. The van der Waals surface area contributed by atoms with E-state index < -0.39 is 35.2 Å². The molecule has 0 radical (unpaired) electrons. The standard InChI is InChI=1S/C31H32F5N5O2/c1-4-27(28(17-21(3)42)39-41-40-37)38-19-20(2)24-13-16-29(26(18-24)30(32,33)34)43-31(35,36)25-14-11-23(12-15-25)22-9-7-5-6-8-10-22/h7,9-16,18-19,28,39,42H,3-6,8,17H2,1-2H3/b20-19+,38-27?. The molecule has 0 heterocycles. The Morgan fingerprint density at radius 3 is 2.51 bits per heavy atom. The second-order valence-corrected chi connectivity index (χ2v) is 9.83. The van der Waals surface area contributed by atoms with Crippen LogP contribution in [0.2, 0.25) is 0 Å². The summed E-state index contributed by atoms with van der Waals surface area (Å²) >= 11 is 0. The summed E-state index contributed by atoms with van der Waals surface area (Å²) in [5, 5.41) is 12.8. The topological polar surface area (TPSA) is 103 Å². The molecule has 0 saturated carbocycles. The number of nitrogens with zero attached hydrogens (tertiary/aromatic N) is 4. The Labute approximate surface area is 246 Å². The third-order valence-electron chi connectivity index (χ3n) is 6.66. The number of aliphatic hydroxyl groups excluding tert-OH is 1. The van der Waals surface area contributed by atoms with Gasteiger partial charge in [-0.15, -0.1) is 5.53 Å². The minimum absolute atomic E-state index is 0.0192. The van der Waals surface area contributed by atoms with E-state index in [1.54, 1.807) is 6.92 Å². The Morgan fingerprint density at radius 2 is 1.88 bits per heavy atom. The minimum atomic E-state index is -4.99. The number of nitrogens with one attached hydrogen (secondary N) is 1. The molecule has 3 rings (SSSR count). The van der Waals surface area contributed by atoms with E-state index in [1.165, 1.54) is 31.3 Å². The normalized spacial score (nSPS) is 15.2. The highest BCUT2D eigenvalue weighted by molar-refractivity contribution is 5.90. The van der Waals surface area contributed by atoms with Crippen LogP contribution < -0.4 is 10.2 Å². The molecule has 228 valence electrons. The van der Waals surface area contributed by atoms with E-state index in [1.807, 2.05) is 18.2 Å². The Balaban J connectivity index is 1.89. The van der Waals surface area contributed by atoms with Gasteiger partial charge in [0.05, 0.1) is 29.0 Å². The Morgan fingerprint density at radius 1 is 1.16 bits per heavy atom. The molecule has 0 aliphatic heterocycles. The molecule has 12 heteroatoms.